The first-order chi connectivity index (χ1) is 13.5. The largest absolute Gasteiger partial charge is 0.454 e. The van der Waals surface area contributed by atoms with Gasteiger partial charge in [0.2, 0.25) is 5.95 Å². The molecule has 0 saturated carbocycles. The molecule has 3 aromatic rings. The van der Waals surface area contributed by atoms with Crippen LogP contribution in [0.25, 0.3) is 11.2 Å². The lowest BCUT2D eigenvalue weighted by molar-refractivity contribution is -0.0469. The molecule has 146 valence electrons. The van der Waals surface area contributed by atoms with Gasteiger partial charge in [0.05, 0.1) is 18.0 Å². The average Bonchev–Trinajstić information content (AvgIpc) is 3.24. The van der Waals surface area contributed by atoms with Crippen LogP contribution in [0, 0.1) is 5.92 Å². The molecule has 4 atom stereocenters. The van der Waals surface area contributed by atoms with Gasteiger partial charge >= 0.3 is 5.97 Å². The minimum Gasteiger partial charge on any atom is -0.454 e. The number of benzene rings is 1. The van der Waals surface area contributed by atoms with Gasteiger partial charge in [0.1, 0.15) is 5.52 Å². The second kappa shape index (κ2) is 7.37. The van der Waals surface area contributed by atoms with Crippen molar-refractivity contribution in [3.05, 3.63) is 47.4 Å². The van der Waals surface area contributed by atoms with E-state index in [-0.39, 0.29) is 23.1 Å². The Bertz CT molecular complexity index is 1010. The van der Waals surface area contributed by atoms with Gasteiger partial charge in [-0.05, 0) is 18.6 Å². The van der Waals surface area contributed by atoms with E-state index in [0.717, 1.165) is 6.42 Å². The minimum atomic E-state index is -0.594. The lowest BCUT2D eigenvalue weighted by atomic mass is 9.98. The summed E-state index contributed by atoms with van der Waals surface area (Å²) >= 11 is 6.13. The molecule has 2 N–H and O–H groups in total. The third kappa shape index (κ3) is 3.18. The molecule has 1 fully saturated rings. The summed E-state index contributed by atoms with van der Waals surface area (Å²) < 4.78 is 13.8. The van der Waals surface area contributed by atoms with Crippen molar-refractivity contribution in [2.75, 3.05) is 5.73 Å². The number of anilines is 1. The van der Waals surface area contributed by atoms with Gasteiger partial charge in [-0.15, -0.1) is 0 Å². The normalized spacial score (nSPS) is 24.5. The first-order valence-electron chi connectivity index (χ1n) is 9.06. The zero-order chi connectivity index (χ0) is 19.8. The smallest absolute Gasteiger partial charge is 0.338 e. The van der Waals surface area contributed by atoms with E-state index < -0.39 is 18.3 Å². The molecule has 0 spiro atoms. The second-order valence-electron chi connectivity index (χ2n) is 6.77. The number of esters is 1. The van der Waals surface area contributed by atoms with E-state index in [0.29, 0.717) is 16.7 Å². The predicted molar refractivity (Wildman–Crippen MR) is 104 cm³/mol. The molecule has 1 saturated heterocycles. The Balaban J connectivity index is 1.71. The highest BCUT2D eigenvalue weighted by atomic mass is 35.5. The standard InChI is InChI=1S/C19H20ClN5O3/c1-3-12-10(2)14(28-18(26)11-7-5-4-6-8-11)17(27-12)25-9-22-13-15(20)23-19(21)24-16(13)25/h4-10,12,14,17H,3H2,1-2H3,(H2,21,23,24)/t10-,12-,14?,17-/m1/s1. The van der Waals surface area contributed by atoms with Crippen molar-refractivity contribution in [1.29, 1.82) is 0 Å². The number of nitrogen functional groups attached to an aromatic ring is 1. The van der Waals surface area contributed by atoms with Crippen molar-refractivity contribution in [1.82, 2.24) is 19.5 Å². The van der Waals surface area contributed by atoms with Gasteiger partial charge in [0.25, 0.3) is 0 Å². The third-order valence-corrected chi connectivity index (χ3v) is 5.29. The van der Waals surface area contributed by atoms with Gasteiger partial charge < -0.3 is 15.2 Å². The van der Waals surface area contributed by atoms with Gasteiger partial charge in [-0.1, -0.05) is 43.6 Å². The number of imidazole rings is 1. The quantitative estimate of drug-likeness (QED) is 0.528. The van der Waals surface area contributed by atoms with E-state index in [1.54, 1.807) is 35.2 Å². The van der Waals surface area contributed by atoms with Gasteiger partial charge in [0, 0.05) is 5.92 Å². The summed E-state index contributed by atoms with van der Waals surface area (Å²) in [6.07, 6.45) is 1.14. The maximum atomic E-state index is 12.7. The van der Waals surface area contributed by atoms with Gasteiger partial charge in [0.15, 0.2) is 23.1 Å². The number of aromatic nitrogens is 4. The van der Waals surface area contributed by atoms with Crippen molar-refractivity contribution < 1.29 is 14.3 Å². The average molecular weight is 402 g/mol. The summed E-state index contributed by atoms with van der Waals surface area (Å²) in [5, 5.41) is 0.164. The summed E-state index contributed by atoms with van der Waals surface area (Å²) in [4.78, 5) is 25.1. The molecule has 1 unspecified atom stereocenters. The van der Waals surface area contributed by atoms with Crippen molar-refractivity contribution in [2.24, 2.45) is 5.92 Å². The second-order valence-corrected chi connectivity index (χ2v) is 7.12. The van der Waals surface area contributed by atoms with Crippen LogP contribution >= 0.6 is 11.6 Å². The number of halogens is 1. The highest BCUT2D eigenvalue weighted by Crippen LogP contribution is 2.39. The Morgan fingerprint density at radius 3 is 2.79 bits per heavy atom. The number of rotatable bonds is 4. The molecule has 0 radical (unpaired) electrons. The molecule has 1 aliphatic heterocycles. The highest BCUT2D eigenvalue weighted by molar-refractivity contribution is 6.33. The first-order valence-corrected chi connectivity index (χ1v) is 9.44. The predicted octanol–water partition coefficient (Wildman–Crippen LogP) is 3.23. The maximum Gasteiger partial charge on any atom is 0.338 e. The lowest BCUT2D eigenvalue weighted by Crippen LogP contribution is -2.30. The van der Waals surface area contributed by atoms with E-state index in [1.807, 2.05) is 19.9 Å². The molecule has 8 nitrogen and oxygen atoms in total. The molecule has 0 amide bonds. The fourth-order valence-electron chi connectivity index (χ4n) is 3.56. The van der Waals surface area contributed by atoms with Gasteiger partial charge in [-0.2, -0.15) is 9.97 Å². The number of carbonyl (C=O) groups excluding carboxylic acids is 1. The van der Waals surface area contributed by atoms with Crippen LogP contribution in [0.1, 0.15) is 36.9 Å². The zero-order valence-electron chi connectivity index (χ0n) is 15.4. The molecule has 0 bridgehead atoms. The zero-order valence-corrected chi connectivity index (χ0v) is 16.2. The van der Waals surface area contributed by atoms with E-state index >= 15 is 0 Å². The van der Waals surface area contributed by atoms with E-state index in [9.17, 15) is 4.79 Å². The Labute approximate surface area is 166 Å². The number of nitrogens with zero attached hydrogens (tertiary/aromatic N) is 4. The van der Waals surface area contributed by atoms with Crippen LogP contribution in [0.3, 0.4) is 0 Å². The Hall–Kier alpha value is -2.71. The summed E-state index contributed by atoms with van der Waals surface area (Å²) in [6.45, 7) is 4.04. The van der Waals surface area contributed by atoms with E-state index in [1.165, 1.54) is 0 Å². The Morgan fingerprint density at radius 2 is 2.07 bits per heavy atom. The van der Waals surface area contributed by atoms with Crippen LogP contribution in [-0.2, 0) is 9.47 Å². The molecule has 0 aliphatic carbocycles. The Morgan fingerprint density at radius 1 is 1.32 bits per heavy atom. The van der Waals surface area contributed by atoms with Crippen LogP contribution in [0.4, 0.5) is 5.95 Å². The van der Waals surface area contributed by atoms with Crippen LogP contribution in [0.5, 0.6) is 0 Å². The summed E-state index contributed by atoms with van der Waals surface area (Å²) in [5.74, 6) is -0.385. The number of nitrogens with two attached hydrogens (primary N) is 1. The molecule has 1 aromatic carbocycles. The number of ether oxygens (including phenoxy) is 2. The minimum absolute atomic E-state index is 0.0187. The molecule has 9 heteroatoms. The number of hydrogen-bond donors (Lipinski definition) is 1. The third-order valence-electron chi connectivity index (χ3n) is 5.03. The Kier molecular flexibility index (Phi) is 4.91. The lowest BCUT2D eigenvalue weighted by Gasteiger charge is -2.22. The SMILES string of the molecule is CC[C@H]1O[C@@H](n2cnc3c(Cl)nc(N)nc32)C(OC(=O)c2ccccc2)[C@@H]1C. The van der Waals surface area contributed by atoms with Crippen molar-refractivity contribution in [3.8, 4) is 0 Å². The number of hydrogen-bond acceptors (Lipinski definition) is 7. The number of fused-ring (bicyclic) bond motifs is 1. The highest BCUT2D eigenvalue weighted by Gasteiger charge is 2.45. The van der Waals surface area contributed by atoms with Crippen LogP contribution < -0.4 is 5.73 Å². The van der Waals surface area contributed by atoms with Crippen molar-refractivity contribution in [3.63, 3.8) is 0 Å². The summed E-state index contributed by atoms with van der Waals surface area (Å²) in [5.41, 5.74) is 7.09. The maximum absolute atomic E-state index is 12.7. The van der Waals surface area contributed by atoms with Crippen LogP contribution in [0.15, 0.2) is 36.7 Å². The van der Waals surface area contributed by atoms with Gasteiger partial charge in [-0.25, -0.2) is 9.78 Å². The van der Waals surface area contributed by atoms with Crippen LogP contribution in [0.2, 0.25) is 5.15 Å². The monoisotopic (exact) mass is 401 g/mol. The number of carbonyl (C=O) groups is 1. The molecular weight excluding hydrogens is 382 g/mol. The topological polar surface area (TPSA) is 105 Å². The van der Waals surface area contributed by atoms with Crippen molar-refractivity contribution >= 4 is 34.7 Å². The van der Waals surface area contributed by atoms with Crippen LogP contribution in [-0.4, -0.2) is 37.7 Å². The fraction of sp³-hybridized carbons (Fsp3) is 0.368. The molecule has 4 rings (SSSR count). The van der Waals surface area contributed by atoms with E-state index in [2.05, 4.69) is 15.0 Å². The molecule has 3 heterocycles. The first kappa shape index (κ1) is 18.6. The molecular formula is C19H20ClN5O3. The summed E-state index contributed by atoms with van der Waals surface area (Å²) in [6, 6.07) is 8.87. The fourth-order valence-corrected chi connectivity index (χ4v) is 3.78. The molecule has 2 aromatic heterocycles. The molecule has 1 aliphatic rings. The van der Waals surface area contributed by atoms with E-state index in [4.69, 9.17) is 26.8 Å². The summed E-state index contributed by atoms with van der Waals surface area (Å²) in [7, 11) is 0. The molecule has 28 heavy (non-hydrogen) atoms. The van der Waals surface area contributed by atoms with Gasteiger partial charge in [-0.3, -0.25) is 4.57 Å². The van der Waals surface area contributed by atoms with Crippen molar-refractivity contribution in [2.45, 2.75) is 38.7 Å².